The number of carbonyl (C=O) groups excluding carboxylic acids is 1. The number of amides is 1. The van der Waals surface area contributed by atoms with Crippen molar-refractivity contribution in [3.63, 3.8) is 0 Å². The predicted molar refractivity (Wildman–Crippen MR) is 73.3 cm³/mol. The van der Waals surface area contributed by atoms with Gasteiger partial charge in [-0.1, -0.05) is 23.7 Å². The van der Waals surface area contributed by atoms with Crippen LogP contribution < -0.4 is 11.1 Å². The van der Waals surface area contributed by atoms with Gasteiger partial charge in [-0.15, -0.1) is 0 Å². The van der Waals surface area contributed by atoms with Crippen molar-refractivity contribution in [2.24, 2.45) is 11.7 Å². The van der Waals surface area contributed by atoms with E-state index in [9.17, 15) is 4.79 Å². The molecule has 18 heavy (non-hydrogen) atoms. The third kappa shape index (κ3) is 4.00. The summed E-state index contributed by atoms with van der Waals surface area (Å²) in [7, 11) is 0. The average Bonchev–Trinajstić information content (AvgIpc) is 3.15. The minimum Gasteiger partial charge on any atom is -0.370 e. The molecule has 1 saturated carbocycles. The fourth-order valence-corrected chi connectivity index (χ4v) is 2.30. The van der Waals surface area contributed by atoms with Gasteiger partial charge in [0.05, 0.1) is 0 Å². The Morgan fingerprint density at radius 3 is 2.61 bits per heavy atom. The molecule has 0 heterocycles. The van der Waals surface area contributed by atoms with E-state index >= 15 is 0 Å². The molecule has 1 aliphatic rings. The highest BCUT2D eigenvalue weighted by Crippen LogP contribution is 2.41. The summed E-state index contributed by atoms with van der Waals surface area (Å²) >= 11 is 5.90. The molecule has 1 aliphatic carbocycles. The van der Waals surface area contributed by atoms with E-state index in [1.165, 1.54) is 18.4 Å². The summed E-state index contributed by atoms with van der Waals surface area (Å²) in [5.74, 6) is 0.492. The first kappa shape index (κ1) is 13.4. The maximum atomic E-state index is 10.7. The van der Waals surface area contributed by atoms with Crippen molar-refractivity contribution >= 4 is 17.5 Å². The first-order valence-electron chi connectivity index (χ1n) is 6.44. The van der Waals surface area contributed by atoms with Crippen LogP contribution in [0.1, 0.15) is 37.3 Å². The van der Waals surface area contributed by atoms with Gasteiger partial charge in [-0.05, 0) is 49.4 Å². The number of rotatable bonds is 7. The van der Waals surface area contributed by atoms with Gasteiger partial charge in [0.1, 0.15) is 0 Å². The van der Waals surface area contributed by atoms with E-state index in [-0.39, 0.29) is 5.91 Å². The van der Waals surface area contributed by atoms with Crippen molar-refractivity contribution in [2.75, 3.05) is 6.54 Å². The lowest BCUT2D eigenvalue weighted by Crippen LogP contribution is -2.25. The molecule has 1 unspecified atom stereocenters. The maximum absolute atomic E-state index is 10.7. The minimum atomic E-state index is -0.230. The normalized spacial score (nSPS) is 16.5. The largest absolute Gasteiger partial charge is 0.370 e. The van der Waals surface area contributed by atoms with Crippen LogP contribution in [0.4, 0.5) is 0 Å². The molecule has 1 atom stereocenters. The van der Waals surface area contributed by atoms with Crippen LogP contribution in [0.2, 0.25) is 5.02 Å². The number of nitrogens with two attached hydrogens (primary N) is 1. The van der Waals surface area contributed by atoms with Crippen LogP contribution in [0.25, 0.3) is 0 Å². The SMILES string of the molecule is NC(=O)CCCNC(c1ccc(Cl)cc1)C1CC1. The number of hydrogen-bond donors (Lipinski definition) is 2. The number of carbonyl (C=O) groups is 1. The Balaban J connectivity index is 1.88. The molecule has 0 radical (unpaired) electrons. The van der Waals surface area contributed by atoms with E-state index in [0.29, 0.717) is 12.5 Å². The topological polar surface area (TPSA) is 55.1 Å². The zero-order chi connectivity index (χ0) is 13.0. The second kappa shape index (κ2) is 6.21. The number of nitrogens with one attached hydrogen (secondary N) is 1. The summed E-state index contributed by atoms with van der Waals surface area (Å²) in [6, 6.07) is 8.39. The van der Waals surface area contributed by atoms with Gasteiger partial charge in [0.2, 0.25) is 5.91 Å². The molecule has 2 rings (SSSR count). The summed E-state index contributed by atoms with van der Waals surface area (Å²) in [6.07, 6.45) is 3.80. The van der Waals surface area contributed by atoms with Crippen molar-refractivity contribution in [1.29, 1.82) is 0 Å². The second-order valence-electron chi connectivity index (χ2n) is 4.89. The Labute approximate surface area is 113 Å². The quantitative estimate of drug-likeness (QED) is 0.746. The standard InChI is InChI=1S/C14H19ClN2O/c15-12-7-5-11(6-8-12)14(10-3-4-10)17-9-1-2-13(16)18/h5-8,10,14,17H,1-4,9H2,(H2,16,18). The Kier molecular flexibility index (Phi) is 4.61. The first-order chi connectivity index (χ1) is 8.66. The lowest BCUT2D eigenvalue weighted by molar-refractivity contribution is -0.118. The average molecular weight is 267 g/mol. The van der Waals surface area contributed by atoms with Crippen LogP contribution in [0.15, 0.2) is 24.3 Å². The van der Waals surface area contributed by atoms with Gasteiger partial charge in [0.25, 0.3) is 0 Å². The van der Waals surface area contributed by atoms with Crippen molar-refractivity contribution in [3.8, 4) is 0 Å². The van der Waals surface area contributed by atoms with E-state index < -0.39 is 0 Å². The lowest BCUT2D eigenvalue weighted by Gasteiger charge is -2.18. The van der Waals surface area contributed by atoms with Crippen LogP contribution in [-0.2, 0) is 4.79 Å². The van der Waals surface area contributed by atoms with Crippen LogP contribution in [0.3, 0.4) is 0 Å². The van der Waals surface area contributed by atoms with Crippen molar-refractivity contribution in [3.05, 3.63) is 34.9 Å². The Hall–Kier alpha value is -1.06. The van der Waals surface area contributed by atoms with Gasteiger partial charge in [-0.2, -0.15) is 0 Å². The third-order valence-corrected chi connectivity index (χ3v) is 3.54. The van der Waals surface area contributed by atoms with Crippen LogP contribution in [-0.4, -0.2) is 12.5 Å². The van der Waals surface area contributed by atoms with Crippen molar-refractivity contribution < 1.29 is 4.79 Å². The molecule has 0 spiro atoms. The molecule has 0 aliphatic heterocycles. The molecule has 3 N–H and O–H groups in total. The number of primary amides is 1. The fourth-order valence-electron chi connectivity index (χ4n) is 2.18. The Morgan fingerprint density at radius 2 is 2.06 bits per heavy atom. The van der Waals surface area contributed by atoms with Gasteiger partial charge < -0.3 is 11.1 Å². The highest BCUT2D eigenvalue weighted by atomic mass is 35.5. The van der Waals surface area contributed by atoms with Crippen molar-refractivity contribution in [1.82, 2.24) is 5.32 Å². The molecule has 0 saturated heterocycles. The number of halogens is 1. The van der Waals surface area contributed by atoms with E-state index in [2.05, 4.69) is 17.4 Å². The summed E-state index contributed by atoms with van der Waals surface area (Å²) < 4.78 is 0. The Bertz CT molecular complexity index is 401. The highest BCUT2D eigenvalue weighted by molar-refractivity contribution is 6.30. The monoisotopic (exact) mass is 266 g/mol. The molecule has 98 valence electrons. The molecule has 1 amide bonds. The first-order valence-corrected chi connectivity index (χ1v) is 6.82. The van der Waals surface area contributed by atoms with E-state index in [4.69, 9.17) is 17.3 Å². The van der Waals surface area contributed by atoms with Crippen molar-refractivity contribution in [2.45, 2.75) is 31.7 Å². The zero-order valence-corrected chi connectivity index (χ0v) is 11.1. The lowest BCUT2D eigenvalue weighted by atomic mass is 10.0. The van der Waals surface area contributed by atoms with Crippen LogP contribution in [0.5, 0.6) is 0 Å². The van der Waals surface area contributed by atoms with Crippen LogP contribution >= 0.6 is 11.6 Å². The smallest absolute Gasteiger partial charge is 0.217 e. The summed E-state index contributed by atoms with van der Waals surface area (Å²) in [5, 5.41) is 4.29. The molecule has 4 heteroatoms. The molecular formula is C14H19ClN2O. The van der Waals surface area contributed by atoms with Gasteiger partial charge >= 0.3 is 0 Å². The van der Waals surface area contributed by atoms with Gasteiger partial charge in [0, 0.05) is 17.5 Å². The van der Waals surface area contributed by atoms with Gasteiger partial charge in [-0.3, -0.25) is 4.79 Å². The zero-order valence-electron chi connectivity index (χ0n) is 10.4. The summed E-state index contributed by atoms with van der Waals surface area (Å²) in [4.78, 5) is 10.7. The molecular weight excluding hydrogens is 248 g/mol. The number of benzene rings is 1. The molecule has 0 bridgehead atoms. The van der Waals surface area contributed by atoms with E-state index in [1.54, 1.807) is 0 Å². The third-order valence-electron chi connectivity index (χ3n) is 3.29. The van der Waals surface area contributed by atoms with E-state index in [0.717, 1.165) is 23.9 Å². The van der Waals surface area contributed by atoms with E-state index in [1.807, 2.05) is 12.1 Å². The highest BCUT2D eigenvalue weighted by Gasteiger charge is 2.31. The number of hydrogen-bond acceptors (Lipinski definition) is 2. The fraction of sp³-hybridized carbons (Fsp3) is 0.500. The van der Waals surface area contributed by atoms with Gasteiger partial charge in [-0.25, -0.2) is 0 Å². The molecule has 1 aromatic rings. The molecule has 1 fully saturated rings. The van der Waals surface area contributed by atoms with Gasteiger partial charge in [0.15, 0.2) is 0 Å². The summed E-state index contributed by atoms with van der Waals surface area (Å²) in [6.45, 7) is 0.826. The second-order valence-corrected chi connectivity index (χ2v) is 5.33. The van der Waals surface area contributed by atoms with Crippen LogP contribution in [0, 0.1) is 5.92 Å². The minimum absolute atomic E-state index is 0.230. The predicted octanol–water partition coefficient (Wildman–Crippen LogP) is 2.65. The Morgan fingerprint density at radius 1 is 1.39 bits per heavy atom. The molecule has 3 nitrogen and oxygen atoms in total. The molecule has 0 aromatic heterocycles. The molecule has 1 aromatic carbocycles. The summed E-state index contributed by atoms with van der Waals surface area (Å²) in [5.41, 5.74) is 6.41. The maximum Gasteiger partial charge on any atom is 0.217 e.